The van der Waals surface area contributed by atoms with Gasteiger partial charge in [0.05, 0.1) is 19.3 Å². The molecule has 2 aliphatic rings. The van der Waals surface area contributed by atoms with Crippen LogP contribution < -0.4 is 0 Å². The molecule has 1 saturated carbocycles. The van der Waals surface area contributed by atoms with Crippen LogP contribution in [-0.4, -0.2) is 49.0 Å². The van der Waals surface area contributed by atoms with Gasteiger partial charge < -0.3 is 14.7 Å². The molecule has 0 aromatic heterocycles. The van der Waals surface area contributed by atoms with Crippen molar-refractivity contribution in [2.75, 3.05) is 26.8 Å². The molecule has 2 fully saturated rings. The normalized spacial score (nSPS) is 36.9. The number of aliphatic hydroxyl groups excluding tert-OH is 1. The van der Waals surface area contributed by atoms with Gasteiger partial charge in [-0.2, -0.15) is 0 Å². The maximum absolute atomic E-state index is 9.19. The molecule has 1 aliphatic carbocycles. The van der Waals surface area contributed by atoms with Gasteiger partial charge in [-0.3, -0.25) is 0 Å². The number of rotatable bonds is 3. The topological polar surface area (TPSA) is 32.7 Å². The first-order valence-corrected chi connectivity index (χ1v) is 5.05. The Labute approximate surface area is 79.7 Å². The van der Waals surface area contributed by atoms with E-state index in [0.29, 0.717) is 11.5 Å². The zero-order chi connectivity index (χ0) is 9.47. The first-order chi connectivity index (χ1) is 6.09. The van der Waals surface area contributed by atoms with Gasteiger partial charge in [-0.05, 0) is 19.9 Å². The van der Waals surface area contributed by atoms with Crippen molar-refractivity contribution in [3.8, 4) is 0 Å². The van der Waals surface area contributed by atoms with Crippen LogP contribution in [0.1, 0.15) is 19.8 Å². The van der Waals surface area contributed by atoms with Crippen LogP contribution in [0.3, 0.4) is 0 Å². The van der Waals surface area contributed by atoms with Crippen LogP contribution in [0.5, 0.6) is 0 Å². The van der Waals surface area contributed by atoms with E-state index in [2.05, 4.69) is 18.9 Å². The van der Waals surface area contributed by atoms with Gasteiger partial charge in [-0.15, -0.1) is 0 Å². The van der Waals surface area contributed by atoms with E-state index in [4.69, 9.17) is 4.74 Å². The summed E-state index contributed by atoms with van der Waals surface area (Å²) >= 11 is 0. The zero-order valence-corrected chi connectivity index (χ0v) is 8.49. The van der Waals surface area contributed by atoms with Gasteiger partial charge in [-0.25, -0.2) is 0 Å². The van der Waals surface area contributed by atoms with Crippen molar-refractivity contribution in [3.05, 3.63) is 0 Å². The molecular formula is C10H19NO2. The first-order valence-electron chi connectivity index (χ1n) is 5.05. The molecule has 76 valence electrons. The highest BCUT2D eigenvalue weighted by Crippen LogP contribution is 2.31. The average Bonchev–Trinajstić information content (AvgIpc) is 1.95. The Hall–Kier alpha value is -0.120. The molecule has 0 spiro atoms. The lowest BCUT2D eigenvalue weighted by Crippen LogP contribution is -2.53. The minimum Gasteiger partial charge on any atom is -0.393 e. The third-order valence-electron chi connectivity index (χ3n) is 3.24. The summed E-state index contributed by atoms with van der Waals surface area (Å²) in [5.41, 5.74) is 0.370. The maximum atomic E-state index is 9.19. The van der Waals surface area contributed by atoms with Crippen molar-refractivity contribution in [2.45, 2.75) is 31.9 Å². The summed E-state index contributed by atoms with van der Waals surface area (Å²) in [5.74, 6) is 0. The lowest BCUT2D eigenvalue weighted by molar-refractivity contribution is -0.123. The molecule has 0 aromatic rings. The molecule has 1 heterocycles. The number of aliphatic hydroxyl groups is 1. The predicted molar refractivity (Wildman–Crippen MR) is 50.6 cm³/mol. The molecule has 13 heavy (non-hydrogen) atoms. The molecule has 1 N–H and O–H groups in total. The molecule has 2 rings (SSSR count). The van der Waals surface area contributed by atoms with E-state index in [0.717, 1.165) is 32.6 Å². The summed E-state index contributed by atoms with van der Waals surface area (Å²) in [7, 11) is 2.15. The fourth-order valence-electron chi connectivity index (χ4n) is 2.19. The number of nitrogens with zero attached hydrogens (tertiary/aromatic N) is 1. The number of ether oxygens (including phenoxy) is 1. The molecule has 3 nitrogen and oxygen atoms in total. The Kier molecular flexibility index (Phi) is 2.34. The monoisotopic (exact) mass is 185 g/mol. The highest BCUT2D eigenvalue weighted by atomic mass is 16.5. The molecule has 0 aromatic carbocycles. The summed E-state index contributed by atoms with van der Waals surface area (Å²) in [6.45, 7) is 5.16. The lowest BCUT2D eigenvalue weighted by Gasteiger charge is -2.46. The second-order valence-corrected chi connectivity index (χ2v) is 5.00. The van der Waals surface area contributed by atoms with E-state index in [9.17, 15) is 5.11 Å². The number of hydrogen-bond donors (Lipinski definition) is 1. The molecule has 1 saturated heterocycles. The quantitative estimate of drug-likeness (QED) is 0.694. The van der Waals surface area contributed by atoms with Crippen LogP contribution in [0, 0.1) is 5.41 Å². The minimum absolute atomic E-state index is 0.0436. The van der Waals surface area contributed by atoms with Crippen molar-refractivity contribution in [1.29, 1.82) is 0 Å². The minimum atomic E-state index is -0.0436. The van der Waals surface area contributed by atoms with E-state index in [1.807, 2.05) is 0 Å². The van der Waals surface area contributed by atoms with Crippen molar-refractivity contribution in [2.24, 2.45) is 5.41 Å². The summed E-state index contributed by atoms with van der Waals surface area (Å²) in [5, 5.41) is 9.19. The van der Waals surface area contributed by atoms with Crippen molar-refractivity contribution in [3.63, 3.8) is 0 Å². The SMILES string of the molecule is CN(CC1(C)COC1)C1CC(O)C1. The third-order valence-corrected chi connectivity index (χ3v) is 3.24. The van der Waals surface area contributed by atoms with Gasteiger partial charge in [-0.1, -0.05) is 6.92 Å². The van der Waals surface area contributed by atoms with Gasteiger partial charge in [0.2, 0.25) is 0 Å². The van der Waals surface area contributed by atoms with Crippen LogP contribution >= 0.6 is 0 Å². The van der Waals surface area contributed by atoms with Gasteiger partial charge in [0.15, 0.2) is 0 Å². The standard InChI is InChI=1S/C10H19NO2/c1-10(6-13-7-10)5-11(2)8-3-9(12)4-8/h8-9,12H,3-7H2,1-2H3. The van der Waals surface area contributed by atoms with E-state index in [-0.39, 0.29) is 6.10 Å². The molecule has 1 aliphatic heterocycles. The molecule has 3 heteroatoms. The zero-order valence-electron chi connectivity index (χ0n) is 8.49. The second-order valence-electron chi connectivity index (χ2n) is 5.00. The Morgan fingerprint density at radius 1 is 1.46 bits per heavy atom. The van der Waals surface area contributed by atoms with E-state index in [1.54, 1.807) is 0 Å². The Morgan fingerprint density at radius 2 is 2.08 bits per heavy atom. The van der Waals surface area contributed by atoms with Crippen molar-refractivity contribution in [1.82, 2.24) is 4.90 Å². The number of hydrogen-bond acceptors (Lipinski definition) is 3. The van der Waals surface area contributed by atoms with Crippen LogP contribution in [0.25, 0.3) is 0 Å². The second kappa shape index (κ2) is 3.23. The van der Waals surface area contributed by atoms with E-state index < -0.39 is 0 Å². The van der Waals surface area contributed by atoms with Gasteiger partial charge in [0, 0.05) is 18.0 Å². The Bertz CT molecular complexity index is 185. The smallest absolute Gasteiger partial charge is 0.0570 e. The summed E-state index contributed by atoms with van der Waals surface area (Å²) < 4.78 is 5.22. The van der Waals surface area contributed by atoms with Crippen LogP contribution in [0.4, 0.5) is 0 Å². The average molecular weight is 185 g/mol. The molecule has 0 unspecified atom stereocenters. The first kappa shape index (κ1) is 9.44. The van der Waals surface area contributed by atoms with Gasteiger partial charge in [0.25, 0.3) is 0 Å². The summed E-state index contributed by atoms with van der Waals surface area (Å²) in [6, 6.07) is 0.604. The summed E-state index contributed by atoms with van der Waals surface area (Å²) in [4.78, 5) is 2.37. The molecule has 0 bridgehead atoms. The van der Waals surface area contributed by atoms with Crippen LogP contribution in [0.2, 0.25) is 0 Å². The highest BCUT2D eigenvalue weighted by Gasteiger charge is 2.38. The van der Waals surface area contributed by atoms with Gasteiger partial charge >= 0.3 is 0 Å². The van der Waals surface area contributed by atoms with Crippen LogP contribution in [-0.2, 0) is 4.74 Å². The Balaban J connectivity index is 1.75. The molecule has 0 radical (unpaired) electrons. The van der Waals surface area contributed by atoms with Gasteiger partial charge in [0.1, 0.15) is 0 Å². The molecular weight excluding hydrogens is 166 g/mol. The lowest BCUT2D eigenvalue weighted by atomic mass is 9.84. The Morgan fingerprint density at radius 3 is 2.46 bits per heavy atom. The fraction of sp³-hybridized carbons (Fsp3) is 1.00. The fourth-order valence-corrected chi connectivity index (χ4v) is 2.19. The molecule has 0 atom stereocenters. The van der Waals surface area contributed by atoms with E-state index in [1.165, 1.54) is 0 Å². The van der Waals surface area contributed by atoms with Crippen molar-refractivity contribution >= 4 is 0 Å². The maximum Gasteiger partial charge on any atom is 0.0570 e. The largest absolute Gasteiger partial charge is 0.393 e. The van der Waals surface area contributed by atoms with E-state index >= 15 is 0 Å². The highest BCUT2D eigenvalue weighted by molar-refractivity contribution is 4.90. The summed E-state index contributed by atoms with van der Waals surface area (Å²) in [6.07, 6.45) is 1.86. The molecule has 0 amide bonds. The third kappa shape index (κ3) is 1.87. The van der Waals surface area contributed by atoms with Crippen LogP contribution in [0.15, 0.2) is 0 Å². The predicted octanol–water partition coefficient (Wildman–Crippen LogP) is 0.478. The van der Waals surface area contributed by atoms with Crippen molar-refractivity contribution < 1.29 is 9.84 Å².